The van der Waals surface area contributed by atoms with E-state index in [0.29, 0.717) is 23.2 Å². The van der Waals surface area contributed by atoms with Crippen LogP contribution in [0.2, 0.25) is 0 Å². The number of ether oxygens (including phenoxy) is 1. The number of nitrogens with one attached hydrogen (secondary N) is 2. The zero-order chi connectivity index (χ0) is 21.4. The molecule has 30 heavy (non-hydrogen) atoms. The predicted octanol–water partition coefficient (Wildman–Crippen LogP) is 4.90. The number of aromatic amines is 1. The molecule has 1 atom stereocenters. The number of hydrogen-bond acceptors (Lipinski definition) is 2. The van der Waals surface area contributed by atoms with Crippen LogP contribution in [-0.2, 0) is 9.53 Å². The number of halogens is 3. The Balaban J connectivity index is 1.61. The van der Waals surface area contributed by atoms with Gasteiger partial charge in [0.1, 0.15) is 23.6 Å². The Hall–Kier alpha value is -2.80. The number of methoxy groups -OCH3 is 1. The van der Waals surface area contributed by atoms with Crippen LogP contribution in [0.1, 0.15) is 31.2 Å². The minimum Gasteiger partial charge on any atom is -0.372 e. The number of hydrogen-bond donors (Lipinski definition) is 2. The molecule has 2 aromatic carbocycles. The third-order valence-electron chi connectivity index (χ3n) is 5.93. The highest BCUT2D eigenvalue weighted by molar-refractivity contribution is 5.92. The van der Waals surface area contributed by atoms with E-state index in [9.17, 15) is 18.0 Å². The van der Waals surface area contributed by atoms with Gasteiger partial charge in [-0.05, 0) is 73.1 Å². The second-order valence-corrected chi connectivity index (χ2v) is 7.89. The molecule has 0 radical (unpaired) electrons. The Morgan fingerprint density at radius 2 is 1.87 bits per heavy atom. The molecular weight excluding hydrogens is 393 g/mol. The summed E-state index contributed by atoms with van der Waals surface area (Å²) in [6.45, 7) is 2.21. The topological polar surface area (TPSA) is 54.1 Å². The van der Waals surface area contributed by atoms with Crippen molar-refractivity contribution in [2.45, 2.75) is 31.8 Å². The van der Waals surface area contributed by atoms with Crippen molar-refractivity contribution in [1.29, 1.82) is 0 Å². The van der Waals surface area contributed by atoms with Crippen molar-refractivity contribution in [3.05, 3.63) is 59.4 Å². The normalized spacial score (nSPS) is 19.5. The Kier molecular flexibility index (Phi) is 5.56. The van der Waals surface area contributed by atoms with Crippen LogP contribution in [0.5, 0.6) is 0 Å². The zero-order valence-corrected chi connectivity index (χ0v) is 16.8. The summed E-state index contributed by atoms with van der Waals surface area (Å²) < 4.78 is 46.8. The average molecular weight is 416 g/mol. The summed E-state index contributed by atoms with van der Waals surface area (Å²) in [5.41, 5.74) is 2.47. The van der Waals surface area contributed by atoms with Gasteiger partial charge in [-0.1, -0.05) is 0 Å². The lowest BCUT2D eigenvalue weighted by Gasteiger charge is -2.36. The first-order valence-corrected chi connectivity index (χ1v) is 9.94. The minimum atomic E-state index is -0.656. The van der Waals surface area contributed by atoms with Crippen molar-refractivity contribution in [2.75, 3.05) is 13.7 Å². The van der Waals surface area contributed by atoms with Crippen LogP contribution in [0, 0.1) is 23.4 Å². The lowest BCUT2D eigenvalue weighted by atomic mass is 9.70. The molecule has 0 aliphatic heterocycles. The molecule has 1 aliphatic rings. The largest absolute Gasteiger partial charge is 0.372 e. The number of aromatic nitrogens is 1. The van der Waals surface area contributed by atoms with E-state index in [-0.39, 0.29) is 29.1 Å². The minimum absolute atomic E-state index is 0.0850. The van der Waals surface area contributed by atoms with Crippen LogP contribution in [0.4, 0.5) is 13.2 Å². The van der Waals surface area contributed by atoms with Crippen molar-refractivity contribution in [3.63, 3.8) is 0 Å². The maximum Gasteiger partial charge on any atom is 0.248 e. The Bertz CT molecular complexity index is 1070. The second kappa shape index (κ2) is 8.14. The van der Waals surface area contributed by atoms with E-state index >= 15 is 0 Å². The van der Waals surface area contributed by atoms with Gasteiger partial charge in [-0.25, -0.2) is 13.2 Å². The van der Waals surface area contributed by atoms with Gasteiger partial charge >= 0.3 is 0 Å². The molecule has 0 saturated heterocycles. The molecule has 1 saturated carbocycles. The molecule has 1 aliphatic carbocycles. The summed E-state index contributed by atoms with van der Waals surface area (Å²) in [4.78, 5) is 15.0. The average Bonchev–Trinajstić information content (AvgIpc) is 3.06. The quantitative estimate of drug-likeness (QED) is 0.601. The van der Waals surface area contributed by atoms with E-state index in [0.717, 1.165) is 24.5 Å². The summed E-state index contributed by atoms with van der Waals surface area (Å²) in [6, 6.07) is 8.13. The zero-order valence-electron chi connectivity index (χ0n) is 16.8. The molecule has 0 unspecified atom stereocenters. The molecule has 1 heterocycles. The molecule has 0 spiro atoms. The van der Waals surface area contributed by atoms with Gasteiger partial charge in [0.05, 0.1) is 11.2 Å². The lowest BCUT2D eigenvalue weighted by Crippen LogP contribution is -2.40. The van der Waals surface area contributed by atoms with Gasteiger partial charge in [0.2, 0.25) is 5.91 Å². The molecule has 1 amide bonds. The molecule has 4 rings (SSSR count). The lowest BCUT2D eigenvalue weighted by molar-refractivity contribution is -0.130. The number of rotatable bonds is 6. The smallest absolute Gasteiger partial charge is 0.248 e. The van der Waals surface area contributed by atoms with Crippen LogP contribution in [0.15, 0.2) is 36.4 Å². The highest BCUT2D eigenvalue weighted by Gasteiger charge is 2.35. The van der Waals surface area contributed by atoms with Crippen LogP contribution in [0.25, 0.3) is 22.2 Å². The highest BCUT2D eigenvalue weighted by atomic mass is 19.1. The molecule has 3 aromatic rings. The van der Waals surface area contributed by atoms with Gasteiger partial charge in [0.15, 0.2) is 0 Å². The molecule has 1 aromatic heterocycles. The van der Waals surface area contributed by atoms with E-state index in [1.165, 1.54) is 25.3 Å². The highest BCUT2D eigenvalue weighted by Crippen LogP contribution is 2.48. The molecular formula is C23H23F3N2O2. The van der Waals surface area contributed by atoms with Crippen LogP contribution >= 0.6 is 0 Å². The van der Waals surface area contributed by atoms with E-state index in [4.69, 9.17) is 4.74 Å². The van der Waals surface area contributed by atoms with Crippen LogP contribution in [-0.4, -0.2) is 30.6 Å². The number of benzene rings is 2. The third-order valence-corrected chi connectivity index (χ3v) is 5.93. The number of carbonyl (C=O) groups excluding carboxylic acids is 1. The molecule has 7 heteroatoms. The van der Waals surface area contributed by atoms with Crippen molar-refractivity contribution >= 4 is 16.8 Å². The fourth-order valence-corrected chi connectivity index (χ4v) is 4.14. The molecule has 4 nitrogen and oxygen atoms in total. The number of fused-ring (bicyclic) bond motifs is 1. The van der Waals surface area contributed by atoms with Gasteiger partial charge in [-0.15, -0.1) is 0 Å². The van der Waals surface area contributed by atoms with E-state index < -0.39 is 17.7 Å². The van der Waals surface area contributed by atoms with Gasteiger partial charge in [-0.2, -0.15) is 0 Å². The van der Waals surface area contributed by atoms with Crippen molar-refractivity contribution < 1.29 is 22.7 Å². The monoisotopic (exact) mass is 416 g/mol. The van der Waals surface area contributed by atoms with Gasteiger partial charge in [0.25, 0.3) is 0 Å². The standard InChI is InChI=1S/C23H23F3N2O2/c1-12(30-2)23(29)27-11-13-7-15(8-13)20-18-9-17(25)10-19(26)22(18)28-21(20)14-3-5-16(24)6-4-14/h3-6,9-10,12-13,15,28H,7-8,11H2,1-2H3,(H,27,29)/t12-,13?,15?/m0/s1. The molecule has 1 fully saturated rings. The second-order valence-electron chi connectivity index (χ2n) is 7.89. The first-order valence-electron chi connectivity index (χ1n) is 9.94. The van der Waals surface area contributed by atoms with Gasteiger partial charge < -0.3 is 15.0 Å². The summed E-state index contributed by atoms with van der Waals surface area (Å²) in [6.07, 6.45) is 1.05. The summed E-state index contributed by atoms with van der Waals surface area (Å²) in [5, 5.41) is 3.38. The number of carbonyl (C=O) groups is 1. The molecule has 0 bridgehead atoms. The van der Waals surface area contributed by atoms with Gasteiger partial charge in [0, 0.05) is 25.1 Å². The van der Waals surface area contributed by atoms with Crippen molar-refractivity contribution in [2.24, 2.45) is 5.92 Å². The fraction of sp³-hybridized carbons (Fsp3) is 0.348. The molecule has 2 N–H and O–H groups in total. The summed E-state index contributed by atoms with van der Waals surface area (Å²) in [5.74, 6) is -1.46. The summed E-state index contributed by atoms with van der Waals surface area (Å²) >= 11 is 0. The Labute approximate surface area is 172 Å². The van der Waals surface area contributed by atoms with Gasteiger partial charge in [-0.3, -0.25) is 4.79 Å². The summed E-state index contributed by atoms with van der Waals surface area (Å²) in [7, 11) is 1.48. The molecule has 158 valence electrons. The third kappa shape index (κ3) is 3.81. The van der Waals surface area contributed by atoms with Crippen molar-refractivity contribution in [1.82, 2.24) is 10.3 Å². The fourth-order valence-electron chi connectivity index (χ4n) is 4.14. The first-order chi connectivity index (χ1) is 14.4. The SMILES string of the molecule is CO[C@@H](C)C(=O)NCC1CC(c2c(-c3ccc(F)cc3)[nH]c3c(F)cc(F)cc23)C1. The van der Waals surface area contributed by atoms with E-state index in [1.54, 1.807) is 19.1 Å². The predicted molar refractivity (Wildman–Crippen MR) is 109 cm³/mol. The first kappa shape index (κ1) is 20.5. The van der Waals surface area contributed by atoms with Crippen molar-refractivity contribution in [3.8, 4) is 11.3 Å². The Morgan fingerprint density at radius 3 is 2.53 bits per heavy atom. The van der Waals surface area contributed by atoms with E-state index in [1.807, 2.05) is 0 Å². The van der Waals surface area contributed by atoms with Crippen LogP contribution in [0.3, 0.4) is 0 Å². The number of amides is 1. The maximum absolute atomic E-state index is 14.4. The van der Waals surface area contributed by atoms with E-state index in [2.05, 4.69) is 10.3 Å². The number of H-pyrrole nitrogens is 1. The van der Waals surface area contributed by atoms with Crippen LogP contribution < -0.4 is 5.32 Å². The Morgan fingerprint density at radius 1 is 1.17 bits per heavy atom. The maximum atomic E-state index is 14.4.